The largest absolute Gasteiger partial charge is 0.383 e. The molecule has 6 nitrogen and oxygen atoms in total. The first kappa shape index (κ1) is 22.5. The van der Waals surface area contributed by atoms with Crippen LogP contribution in [-0.2, 0) is 14.3 Å². The number of rotatable bonds is 8. The molecule has 0 unspecified atom stereocenters. The Morgan fingerprint density at radius 3 is 2.57 bits per heavy atom. The van der Waals surface area contributed by atoms with Gasteiger partial charge in [-0.1, -0.05) is 23.7 Å². The van der Waals surface area contributed by atoms with Crippen LogP contribution in [0.2, 0.25) is 5.02 Å². The van der Waals surface area contributed by atoms with Crippen molar-refractivity contribution in [2.75, 3.05) is 53.0 Å². The minimum atomic E-state index is -0.0130. The molecule has 1 aromatic carbocycles. The van der Waals surface area contributed by atoms with Gasteiger partial charge in [-0.15, -0.1) is 11.3 Å². The fourth-order valence-corrected chi connectivity index (χ4v) is 4.19. The summed E-state index contributed by atoms with van der Waals surface area (Å²) >= 11 is 7.58. The molecule has 0 bridgehead atoms. The number of hydrogen-bond donors (Lipinski definition) is 1. The Morgan fingerprint density at radius 2 is 1.87 bits per heavy atom. The minimum absolute atomic E-state index is 0.000592. The number of carbonyl (C=O) groups excluding carboxylic acids is 2. The van der Waals surface area contributed by atoms with Gasteiger partial charge in [0.25, 0.3) is 0 Å². The summed E-state index contributed by atoms with van der Waals surface area (Å²) in [5, 5.41) is 3.53. The van der Waals surface area contributed by atoms with Crippen molar-refractivity contribution >= 4 is 40.8 Å². The third kappa shape index (κ3) is 6.67. The normalized spacial score (nSPS) is 14.9. The maximum absolute atomic E-state index is 12.5. The van der Waals surface area contributed by atoms with E-state index in [4.69, 9.17) is 16.3 Å². The highest BCUT2D eigenvalue weighted by Crippen LogP contribution is 2.29. The van der Waals surface area contributed by atoms with E-state index in [1.807, 2.05) is 41.3 Å². The zero-order valence-corrected chi connectivity index (χ0v) is 18.5. The van der Waals surface area contributed by atoms with Crippen LogP contribution in [0, 0.1) is 0 Å². The summed E-state index contributed by atoms with van der Waals surface area (Å²) in [4.78, 5) is 30.4. The molecule has 1 saturated heterocycles. The highest BCUT2D eigenvalue weighted by molar-refractivity contribution is 7.16. The summed E-state index contributed by atoms with van der Waals surface area (Å²) in [6, 6.07) is 11.8. The van der Waals surface area contributed by atoms with Crippen molar-refractivity contribution in [2.45, 2.75) is 0 Å². The van der Waals surface area contributed by atoms with Crippen LogP contribution in [-0.4, -0.2) is 74.6 Å². The first-order chi connectivity index (χ1) is 14.5. The number of amides is 2. The number of nitrogens with zero attached hydrogens (tertiary/aromatic N) is 2. The number of piperazine rings is 1. The quantitative estimate of drug-likeness (QED) is 0.499. The van der Waals surface area contributed by atoms with E-state index in [9.17, 15) is 9.59 Å². The maximum Gasteiger partial charge on any atom is 0.246 e. The van der Waals surface area contributed by atoms with E-state index in [2.05, 4.69) is 16.3 Å². The smallest absolute Gasteiger partial charge is 0.246 e. The fraction of sp³-hybridized carbons (Fsp3) is 0.364. The predicted molar refractivity (Wildman–Crippen MR) is 122 cm³/mol. The number of halogens is 1. The molecule has 1 aromatic heterocycles. The first-order valence-corrected chi connectivity index (χ1v) is 11.1. The van der Waals surface area contributed by atoms with Crippen LogP contribution >= 0.6 is 22.9 Å². The predicted octanol–water partition coefficient (Wildman–Crippen LogP) is 2.99. The zero-order valence-electron chi connectivity index (χ0n) is 17.0. The molecule has 1 aliphatic rings. The molecule has 2 amide bonds. The van der Waals surface area contributed by atoms with Crippen molar-refractivity contribution < 1.29 is 14.3 Å². The number of benzene rings is 1. The zero-order chi connectivity index (χ0) is 21.3. The number of methoxy groups -OCH3 is 1. The summed E-state index contributed by atoms with van der Waals surface area (Å²) < 4.78 is 4.92. The second kappa shape index (κ2) is 11.3. The summed E-state index contributed by atoms with van der Waals surface area (Å²) in [7, 11) is 1.61. The lowest BCUT2D eigenvalue weighted by atomic mass is 10.2. The number of carbonyl (C=O) groups is 2. The topological polar surface area (TPSA) is 61.9 Å². The van der Waals surface area contributed by atoms with Crippen LogP contribution in [0.5, 0.6) is 0 Å². The standard InChI is InChI=1S/C22H26ClN3O3S/c1-29-15-10-24-21(27)16-25-11-13-26(14-12-25)22(28)9-7-19-6-8-20(30-19)17-2-4-18(23)5-3-17/h2-9H,10-16H2,1H3,(H,24,27). The van der Waals surface area contributed by atoms with Crippen molar-refractivity contribution in [3.05, 3.63) is 52.4 Å². The van der Waals surface area contributed by atoms with Gasteiger partial charge in [0.2, 0.25) is 11.8 Å². The van der Waals surface area contributed by atoms with Gasteiger partial charge in [-0.3, -0.25) is 14.5 Å². The molecule has 0 saturated carbocycles. The van der Waals surface area contributed by atoms with Crippen LogP contribution in [0.4, 0.5) is 0 Å². The molecule has 3 rings (SSSR count). The van der Waals surface area contributed by atoms with E-state index in [0.29, 0.717) is 50.9 Å². The average Bonchev–Trinajstić information content (AvgIpc) is 3.22. The molecule has 1 fully saturated rings. The average molecular weight is 448 g/mol. The van der Waals surface area contributed by atoms with Crippen molar-refractivity contribution in [2.24, 2.45) is 0 Å². The molecule has 0 radical (unpaired) electrons. The highest BCUT2D eigenvalue weighted by atomic mass is 35.5. The summed E-state index contributed by atoms with van der Waals surface area (Å²) in [5.74, 6) is -0.0125. The fourth-order valence-electron chi connectivity index (χ4n) is 3.15. The minimum Gasteiger partial charge on any atom is -0.383 e. The number of nitrogens with one attached hydrogen (secondary N) is 1. The molecule has 30 heavy (non-hydrogen) atoms. The Morgan fingerprint density at radius 1 is 1.13 bits per heavy atom. The Hall–Kier alpha value is -2.19. The van der Waals surface area contributed by atoms with Crippen LogP contribution in [0.15, 0.2) is 42.5 Å². The first-order valence-electron chi connectivity index (χ1n) is 9.86. The maximum atomic E-state index is 12.5. The number of thiophene rings is 1. The molecule has 0 atom stereocenters. The highest BCUT2D eigenvalue weighted by Gasteiger charge is 2.21. The summed E-state index contributed by atoms with van der Waals surface area (Å²) in [6.07, 6.45) is 3.49. The third-order valence-electron chi connectivity index (χ3n) is 4.83. The van der Waals surface area contributed by atoms with Crippen molar-refractivity contribution in [3.63, 3.8) is 0 Å². The molecule has 2 heterocycles. The van der Waals surface area contributed by atoms with Gasteiger partial charge < -0.3 is 15.0 Å². The van der Waals surface area contributed by atoms with E-state index in [0.717, 1.165) is 15.3 Å². The van der Waals surface area contributed by atoms with Crippen molar-refractivity contribution in [3.8, 4) is 10.4 Å². The van der Waals surface area contributed by atoms with Crippen LogP contribution < -0.4 is 5.32 Å². The number of hydrogen-bond acceptors (Lipinski definition) is 5. The van der Waals surface area contributed by atoms with Crippen molar-refractivity contribution in [1.29, 1.82) is 0 Å². The summed E-state index contributed by atoms with van der Waals surface area (Å²) in [6.45, 7) is 4.00. The van der Waals surface area contributed by atoms with Crippen molar-refractivity contribution in [1.82, 2.24) is 15.1 Å². The Labute approximate surface area is 186 Å². The van der Waals surface area contributed by atoms with Gasteiger partial charge in [0.1, 0.15) is 0 Å². The van der Waals surface area contributed by atoms with E-state index in [1.165, 1.54) is 0 Å². The lowest BCUT2D eigenvalue weighted by Crippen LogP contribution is -2.51. The Bertz CT molecular complexity index is 874. The monoisotopic (exact) mass is 447 g/mol. The molecular weight excluding hydrogens is 422 g/mol. The molecule has 1 aliphatic heterocycles. The van der Waals surface area contributed by atoms with Gasteiger partial charge in [0, 0.05) is 60.7 Å². The molecule has 160 valence electrons. The van der Waals surface area contributed by atoms with E-state index >= 15 is 0 Å². The van der Waals surface area contributed by atoms with Gasteiger partial charge >= 0.3 is 0 Å². The third-order valence-corrected chi connectivity index (χ3v) is 6.18. The van der Waals surface area contributed by atoms with Gasteiger partial charge in [-0.2, -0.15) is 0 Å². The molecule has 0 aliphatic carbocycles. The molecule has 2 aromatic rings. The second-order valence-electron chi connectivity index (χ2n) is 6.99. The Balaban J connectivity index is 1.45. The summed E-state index contributed by atoms with van der Waals surface area (Å²) in [5.41, 5.74) is 1.11. The molecule has 1 N–H and O–H groups in total. The van der Waals surface area contributed by atoms with Gasteiger partial charge in [-0.05, 0) is 35.9 Å². The SMILES string of the molecule is COCCNC(=O)CN1CCN(C(=O)C=Cc2ccc(-c3ccc(Cl)cc3)s2)CC1. The second-order valence-corrected chi connectivity index (χ2v) is 8.54. The molecular formula is C22H26ClN3O3S. The van der Waals surface area contributed by atoms with Gasteiger partial charge in [-0.25, -0.2) is 0 Å². The Kier molecular flexibility index (Phi) is 8.45. The van der Waals surface area contributed by atoms with Crippen LogP contribution in [0.25, 0.3) is 16.5 Å². The van der Waals surface area contributed by atoms with Crippen LogP contribution in [0.3, 0.4) is 0 Å². The van der Waals surface area contributed by atoms with Gasteiger partial charge in [0.15, 0.2) is 0 Å². The lowest BCUT2D eigenvalue weighted by molar-refractivity contribution is -0.128. The van der Waals surface area contributed by atoms with E-state index in [1.54, 1.807) is 24.5 Å². The van der Waals surface area contributed by atoms with Gasteiger partial charge in [0.05, 0.1) is 13.2 Å². The molecule has 8 heteroatoms. The van der Waals surface area contributed by atoms with Crippen LogP contribution in [0.1, 0.15) is 4.88 Å². The van der Waals surface area contributed by atoms with E-state index in [-0.39, 0.29) is 11.8 Å². The molecule has 0 spiro atoms. The number of ether oxygens (including phenoxy) is 1. The van der Waals surface area contributed by atoms with E-state index < -0.39 is 0 Å². The lowest BCUT2D eigenvalue weighted by Gasteiger charge is -2.33.